The average Bonchev–Trinajstić information content (AvgIpc) is 2.57. The Morgan fingerprint density at radius 3 is 2.75 bits per heavy atom. The molecule has 0 aliphatic heterocycles. The van der Waals surface area contributed by atoms with Crippen LogP contribution in [0.1, 0.15) is 22.8 Å². The molecule has 0 fully saturated rings. The number of rotatable bonds is 3. The van der Waals surface area contributed by atoms with Crippen molar-refractivity contribution in [3.63, 3.8) is 0 Å². The van der Waals surface area contributed by atoms with Crippen molar-refractivity contribution in [2.75, 3.05) is 0 Å². The molecule has 3 rings (SSSR count). The van der Waals surface area contributed by atoms with Gasteiger partial charge in [0.15, 0.2) is 0 Å². The van der Waals surface area contributed by atoms with Gasteiger partial charge in [-0.15, -0.1) is 0 Å². The van der Waals surface area contributed by atoms with Gasteiger partial charge in [0.2, 0.25) is 0 Å². The summed E-state index contributed by atoms with van der Waals surface area (Å²) in [6.45, 7) is 2.00. The van der Waals surface area contributed by atoms with E-state index in [9.17, 15) is 14.0 Å². The molecule has 0 amide bonds. The number of ether oxygens (including phenoxy) is 1. The molecule has 0 radical (unpaired) electrons. The zero-order valence-electron chi connectivity index (χ0n) is 12.6. The number of benzene rings is 2. The predicted octanol–water partition coefficient (Wildman–Crippen LogP) is 4.48. The normalized spacial score (nSPS) is 10.8. The van der Waals surface area contributed by atoms with Gasteiger partial charge in [-0.2, -0.15) is 0 Å². The molecule has 0 saturated carbocycles. The molecule has 0 aliphatic carbocycles. The van der Waals surface area contributed by atoms with Crippen LogP contribution in [0.25, 0.3) is 11.0 Å². The number of carbonyl (C=O) groups excluding carboxylic acids is 1. The van der Waals surface area contributed by atoms with Crippen LogP contribution in [0.5, 0.6) is 5.75 Å². The highest BCUT2D eigenvalue weighted by atomic mass is 79.9. The van der Waals surface area contributed by atoms with Crippen LogP contribution in [0.3, 0.4) is 0 Å². The first-order chi connectivity index (χ1) is 11.5. The van der Waals surface area contributed by atoms with Crippen molar-refractivity contribution in [2.24, 2.45) is 0 Å². The van der Waals surface area contributed by atoms with Gasteiger partial charge in [-0.1, -0.05) is 13.0 Å². The van der Waals surface area contributed by atoms with Gasteiger partial charge < -0.3 is 9.15 Å². The van der Waals surface area contributed by atoms with E-state index >= 15 is 0 Å². The Bertz CT molecular complexity index is 994. The van der Waals surface area contributed by atoms with E-state index in [1.54, 1.807) is 6.07 Å². The van der Waals surface area contributed by atoms with E-state index in [-0.39, 0.29) is 11.3 Å². The number of hydrogen-bond acceptors (Lipinski definition) is 4. The van der Waals surface area contributed by atoms with Crippen LogP contribution in [0.4, 0.5) is 4.39 Å². The summed E-state index contributed by atoms with van der Waals surface area (Å²) < 4.78 is 24.0. The molecule has 0 atom stereocenters. The van der Waals surface area contributed by atoms with E-state index in [2.05, 4.69) is 15.9 Å². The quantitative estimate of drug-likeness (QED) is 0.376. The standard InChI is InChI=1S/C18H12BrFO4/c1-2-10-3-6-15-11(7-10)8-13(17(21)23-15)18(22)24-16-9-12(20)4-5-14(16)19/h3-9H,2H2,1H3. The Hall–Kier alpha value is -2.47. The topological polar surface area (TPSA) is 56.5 Å². The minimum atomic E-state index is -0.904. The third-order valence-electron chi connectivity index (χ3n) is 3.52. The number of fused-ring (bicyclic) bond motifs is 1. The third-order valence-corrected chi connectivity index (χ3v) is 4.18. The number of hydrogen-bond donors (Lipinski definition) is 0. The maximum Gasteiger partial charge on any atom is 0.351 e. The second-order valence-electron chi connectivity index (χ2n) is 5.14. The summed E-state index contributed by atoms with van der Waals surface area (Å²) in [7, 11) is 0. The lowest BCUT2D eigenvalue weighted by Gasteiger charge is -2.07. The zero-order chi connectivity index (χ0) is 17.3. The van der Waals surface area contributed by atoms with Crippen molar-refractivity contribution < 1.29 is 18.3 Å². The highest BCUT2D eigenvalue weighted by Crippen LogP contribution is 2.26. The molecular formula is C18H12BrFO4. The SMILES string of the molecule is CCc1ccc2oc(=O)c(C(=O)Oc3cc(F)ccc3Br)cc2c1. The van der Waals surface area contributed by atoms with Crippen molar-refractivity contribution >= 4 is 32.9 Å². The molecule has 0 bridgehead atoms. The van der Waals surface area contributed by atoms with Crippen LogP contribution in [0, 0.1) is 5.82 Å². The Morgan fingerprint density at radius 1 is 1.21 bits per heavy atom. The van der Waals surface area contributed by atoms with Crippen LogP contribution < -0.4 is 10.4 Å². The number of halogens is 2. The van der Waals surface area contributed by atoms with Crippen molar-refractivity contribution in [2.45, 2.75) is 13.3 Å². The molecule has 0 unspecified atom stereocenters. The van der Waals surface area contributed by atoms with E-state index < -0.39 is 17.4 Å². The Kier molecular flexibility index (Phi) is 4.49. The molecule has 0 spiro atoms. The molecule has 3 aromatic rings. The Balaban J connectivity index is 2.01. The lowest BCUT2D eigenvalue weighted by Crippen LogP contribution is -2.19. The second kappa shape index (κ2) is 6.57. The fourth-order valence-corrected chi connectivity index (χ4v) is 2.57. The molecule has 24 heavy (non-hydrogen) atoms. The molecule has 1 aromatic heterocycles. The molecule has 6 heteroatoms. The molecule has 0 saturated heterocycles. The molecule has 0 N–H and O–H groups in total. The van der Waals surface area contributed by atoms with Gasteiger partial charge in [0.25, 0.3) is 0 Å². The highest BCUT2D eigenvalue weighted by Gasteiger charge is 2.18. The van der Waals surface area contributed by atoms with Gasteiger partial charge in [-0.05, 0) is 58.2 Å². The maximum absolute atomic E-state index is 13.3. The van der Waals surface area contributed by atoms with Gasteiger partial charge in [0.1, 0.15) is 22.7 Å². The fraction of sp³-hybridized carbons (Fsp3) is 0.111. The molecule has 1 heterocycles. The minimum absolute atomic E-state index is 0.0122. The lowest BCUT2D eigenvalue weighted by molar-refractivity contribution is 0.0729. The first-order valence-corrected chi connectivity index (χ1v) is 8.01. The largest absolute Gasteiger partial charge is 0.422 e. The Morgan fingerprint density at radius 2 is 2.00 bits per heavy atom. The summed E-state index contributed by atoms with van der Waals surface area (Å²) in [5.41, 5.74) is 0.389. The molecule has 2 aromatic carbocycles. The maximum atomic E-state index is 13.3. The number of carbonyl (C=O) groups is 1. The van der Waals surface area contributed by atoms with Crippen LogP contribution in [-0.4, -0.2) is 5.97 Å². The first-order valence-electron chi connectivity index (χ1n) is 7.22. The van der Waals surface area contributed by atoms with Gasteiger partial charge in [0.05, 0.1) is 4.47 Å². The summed E-state index contributed by atoms with van der Waals surface area (Å²) in [4.78, 5) is 24.3. The van der Waals surface area contributed by atoms with E-state index in [1.807, 2.05) is 19.1 Å². The molecule has 0 aliphatic rings. The second-order valence-corrected chi connectivity index (χ2v) is 5.99. The van der Waals surface area contributed by atoms with Crippen LogP contribution in [0.15, 0.2) is 56.1 Å². The summed E-state index contributed by atoms with van der Waals surface area (Å²) in [6.07, 6.45) is 0.811. The van der Waals surface area contributed by atoms with E-state index in [0.29, 0.717) is 15.4 Å². The van der Waals surface area contributed by atoms with Gasteiger partial charge in [0, 0.05) is 11.5 Å². The molecule has 4 nitrogen and oxygen atoms in total. The fourth-order valence-electron chi connectivity index (χ4n) is 2.25. The van der Waals surface area contributed by atoms with Crippen LogP contribution >= 0.6 is 15.9 Å². The van der Waals surface area contributed by atoms with Crippen molar-refractivity contribution in [1.29, 1.82) is 0 Å². The lowest BCUT2D eigenvalue weighted by atomic mass is 10.1. The summed E-state index contributed by atoms with van der Waals surface area (Å²) >= 11 is 3.16. The smallest absolute Gasteiger partial charge is 0.351 e. The van der Waals surface area contributed by atoms with Gasteiger partial charge in [-0.3, -0.25) is 0 Å². The van der Waals surface area contributed by atoms with Crippen molar-refractivity contribution in [3.05, 3.63) is 74.3 Å². The highest BCUT2D eigenvalue weighted by molar-refractivity contribution is 9.10. The van der Waals surface area contributed by atoms with Crippen LogP contribution in [0.2, 0.25) is 0 Å². The van der Waals surface area contributed by atoms with Gasteiger partial charge in [-0.25, -0.2) is 14.0 Å². The van der Waals surface area contributed by atoms with E-state index in [4.69, 9.17) is 9.15 Å². The number of esters is 1. The third kappa shape index (κ3) is 3.23. The average molecular weight is 391 g/mol. The van der Waals surface area contributed by atoms with Crippen molar-refractivity contribution in [3.8, 4) is 5.75 Å². The minimum Gasteiger partial charge on any atom is -0.422 e. The monoisotopic (exact) mass is 390 g/mol. The first kappa shape index (κ1) is 16.4. The summed E-state index contributed by atoms with van der Waals surface area (Å²) in [5, 5.41) is 0.624. The predicted molar refractivity (Wildman–Crippen MR) is 90.9 cm³/mol. The van der Waals surface area contributed by atoms with Crippen molar-refractivity contribution in [1.82, 2.24) is 0 Å². The van der Waals surface area contributed by atoms with Crippen LogP contribution in [-0.2, 0) is 6.42 Å². The van der Waals surface area contributed by atoms with E-state index in [0.717, 1.165) is 18.1 Å². The zero-order valence-corrected chi connectivity index (χ0v) is 14.2. The van der Waals surface area contributed by atoms with Gasteiger partial charge >= 0.3 is 11.6 Å². The van der Waals surface area contributed by atoms with E-state index in [1.165, 1.54) is 18.2 Å². The Labute approximate surface area is 145 Å². The number of aryl methyl sites for hydroxylation is 1. The molecular weight excluding hydrogens is 379 g/mol. The summed E-state index contributed by atoms with van der Waals surface area (Å²) in [5.74, 6) is -1.47. The molecule has 122 valence electrons. The summed E-state index contributed by atoms with van der Waals surface area (Å²) in [6, 6.07) is 10.5.